The summed E-state index contributed by atoms with van der Waals surface area (Å²) in [5.74, 6) is 1.16. The predicted octanol–water partition coefficient (Wildman–Crippen LogP) is 1.23. The predicted molar refractivity (Wildman–Crippen MR) is 116 cm³/mol. The lowest BCUT2D eigenvalue weighted by Gasteiger charge is -2.22. The third kappa shape index (κ3) is 9.17. The number of nitrogens with zero attached hydrogens (tertiary/aromatic N) is 4. The molecule has 0 amide bonds. The quantitative estimate of drug-likeness (QED) is 0.237. The summed E-state index contributed by atoms with van der Waals surface area (Å²) in [5, 5.41) is 7.74. The molecule has 1 rings (SSSR count). The molecule has 0 aliphatic rings. The van der Waals surface area contributed by atoms with E-state index in [1.54, 1.807) is 7.05 Å². The zero-order valence-electron chi connectivity index (χ0n) is 16.5. The van der Waals surface area contributed by atoms with Crippen LogP contribution in [0.2, 0.25) is 0 Å². The Bertz CT molecular complexity index is 673. The normalized spacial score (nSPS) is 12.2. The summed E-state index contributed by atoms with van der Waals surface area (Å²) in [6, 6.07) is 0. The van der Waals surface area contributed by atoms with Gasteiger partial charge in [-0.05, 0) is 5.92 Å². The molecule has 0 atom stereocenters. The Balaban J connectivity index is 0.00000625. The molecule has 0 unspecified atom stereocenters. The molecule has 26 heavy (non-hydrogen) atoms. The zero-order chi connectivity index (χ0) is 19.0. The molecule has 1 aromatic heterocycles. The van der Waals surface area contributed by atoms with E-state index < -0.39 is 9.84 Å². The van der Waals surface area contributed by atoms with E-state index in [-0.39, 0.29) is 36.3 Å². The number of ether oxygens (including phenoxy) is 1. The number of aromatic nitrogens is 2. The molecule has 0 aliphatic carbocycles. The minimum Gasteiger partial charge on any atom is -0.379 e. The highest BCUT2D eigenvalue weighted by atomic mass is 127. The lowest BCUT2D eigenvalue weighted by atomic mass is 10.1. The smallest absolute Gasteiger partial charge is 0.193 e. The van der Waals surface area contributed by atoms with Crippen molar-refractivity contribution in [3.63, 3.8) is 0 Å². The van der Waals surface area contributed by atoms with Crippen molar-refractivity contribution in [3.8, 4) is 0 Å². The SMILES string of the molecule is CN=C(NCCOCCS(C)(=O)=O)N(C)Cc1cn(C)nc1C(C)C.I. The van der Waals surface area contributed by atoms with Gasteiger partial charge in [-0.25, -0.2) is 8.42 Å². The van der Waals surface area contributed by atoms with Gasteiger partial charge in [0.25, 0.3) is 0 Å². The number of aliphatic imine (C=N–C) groups is 1. The number of hydrogen-bond donors (Lipinski definition) is 1. The molecule has 0 fully saturated rings. The van der Waals surface area contributed by atoms with Crippen LogP contribution in [0.3, 0.4) is 0 Å². The number of halogens is 1. The maximum absolute atomic E-state index is 11.0. The van der Waals surface area contributed by atoms with Gasteiger partial charge in [0.1, 0.15) is 9.84 Å². The standard InChI is InChI=1S/C16H31N5O3S.HI/c1-13(2)15-14(12-21(5)19-15)11-20(4)16(17-3)18-7-8-24-9-10-25(6,22)23;/h12-13H,7-11H2,1-6H3,(H,17,18);1H. The van der Waals surface area contributed by atoms with Gasteiger partial charge in [-0.15, -0.1) is 24.0 Å². The Kier molecular flexibility index (Phi) is 11.4. The molecule has 152 valence electrons. The molecule has 10 heteroatoms. The topological polar surface area (TPSA) is 88.8 Å². The van der Waals surface area contributed by atoms with Crippen LogP contribution in [0.5, 0.6) is 0 Å². The summed E-state index contributed by atoms with van der Waals surface area (Å²) < 4.78 is 29.2. The lowest BCUT2D eigenvalue weighted by molar-refractivity contribution is 0.153. The minimum absolute atomic E-state index is 0. The van der Waals surface area contributed by atoms with Gasteiger partial charge in [-0.1, -0.05) is 13.8 Å². The van der Waals surface area contributed by atoms with E-state index in [0.717, 1.165) is 11.7 Å². The molecule has 8 nitrogen and oxygen atoms in total. The first kappa shape index (κ1) is 25.1. The molecule has 0 aliphatic heterocycles. The summed E-state index contributed by atoms with van der Waals surface area (Å²) in [7, 11) is 2.65. The van der Waals surface area contributed by atoms with Crippen LogP contribution in [-0.4, -0.2) is 74.9 Å². The maximum atomic E-state index is 11.0. The highest BCUT2D eigenvalue weighted by Gasteiger charge is 2.15. The molecule has 0 spiro atoms. The van der Waals surface area contributed by atoms with Crippen molar-refractivity contribution in [2.75, 3.05) is 45.9 Å². The van der Waals surface area contributed by atoms with Gasteiger partial charge in [-0.3, -0.25) is 9.67 Å². The molecule has 0 aromatic carbocycles. The van der Waals surface area contributed by atoms with Crippen LogP contribution >= 0.6 is 24.0 Å². The minimum atomic E-state index is -2.97. The van der Waals surface area contributed by atoms with Crippen molar-refractivity contribution < 1.29 is 13.2 Å². The molecule has 1 aromatic rings. The first-order valence-electron chi connectivity index (χ1n) is 8.33. The van der Waals surface area contributed by atoms with Gasteiger partial charge in [0.15, 0.2) is 5.96 Å². The Morgan fingerprint density at radius 2 is 2.08 bits per heavy atom. The summed E-state index contributed by atoms with van der Waals surface area (Å²) in [5.41, 5.74) is 2.27. The fourth-order valence-electron chi connectivity index (χ4n) is 2.43. The Morgan fingerprint density at radius 3 is 2.62 bits per heavy atom. The zero-order valence-corrected chi connectivity index (χ0v) is 19.7. The second-order valence-corrected chi connectivity index (χ2v) is 8.70. The monoisotopic (exact) mass is 501 g/mol. The highest BCUT2D eigenvalue weighted by Crippen LogP contribution is 2.18. The van der Waals surface area contributed by atoms with E-state index in [9.17, 15) is 8.42 Å². The Hall–Kier alpha value is -0.880. The van der Waals surface area contributed by atoms with Crippen molar-refractivity contribution in [3.05, 3.63) is 17.5 Å². The Labute approximate surface area is 174 Å². The van der Waals surface area contributed by atoms with E-state index in [1.807, 2.05) is 29.9 Å². The number of guanidine groups is 1. The summed E-state index contributed by atoms with van der Waals surface area (Å²) >= 11 is 0. The van der Waals surface area contributed by atoms with Crippen molar-refractivity contribution in [1.82, 2.24) is 20.0 Å². The van der Waals surface area contributed by atoms with Crippen LogP contribution in [0.15, 0.2) is 11.2 Å². The van der Waals surface area contributed by atoms with Crippen molar-refractivity contribution in [2.45, 2.75) is 26.3 Å². The van der Waals surface area contributed by atoms with Gasteiger partial charge >= 0.3 is 0 Å². The first-order chi connectivity index (χ1) is 11.6. The average Bonchev–Trinajstić information content (AvgIpc) is 2.86. The van der Waals surface area contributed by atoms with E-state index in [2.05, 4.69) is 29.3 Å². The maximum Gasteiger partial charge on any atom is 0.193 e. The third-order valence-electron chi connectivity index (χ3n) is 3.59. The first-order valence-corrected chi connectivity index (χ1v) is 10.4. The van der Waals surface area contributed by atoms with E-state index >= 15 is 0 Å². The van der Waals surface area contributed by atoms with E-state index in [1.165, 1.54) is 11.8 Å². The molecular weight excluding hydrogens is 469 g/mol. The van der Waals surface area contributed by atoms with Gasteiger partial charge in [-0.2, -0.15) is 5.10 Å². The van der Waals surface area contributed by atoms with Gasteiger partial charge in [0, 0.05) is 52.2 Å². The second-order valence-electron chi connectivity index (χ2n) is 6.44. The number of aryl methyl sites for hydroxylation is 1. The van der Waals surface area contributed by atoms with Crippen LogP contribution in [0.4, 0.5) is 0 Å². The van der Waals surface area contributed by atoms with E-state index in [0.29, 0.717) is 25.6 Å². The van der Waals surface area contributed by atoms with Crippen LogP contribution in [-0.2, 0) is 28.2 Å². The molecule has 0 bridgehead atoms. The van der Waals surface area contributed by atoms with Gasteiger partial charge in [0.2, 0.25) is 0 Å². The molecular formula is C16H32IN5O3S. The third-order valence-corrected chi connectivity index (χ3v) is 4.50. The number of sulfone groups is 1. The average molecular weight is 501 g/mol. The van der Waals surface area contributed by atoms with Gasteiger partial charge < -0.3 is 15.0 Å². The number of nitrogens with one attached hydrogen (secondary N) is 1. The van der Waals surface area contributed by atoms with E-state index in [4.69, 9.17) is 4.74 Å². The molecule has 1 heterocycles. The summed E-state index contributed by atoms with van der Waals surface area (Å²) in [4.78, 5) is 6.30. The van der Waals surface area contributed by atoms with Gasteiger partial charge in [0.05, 0.1) is 24.7 Å². The highest BCUT2D eigenvalue weighted by molar-refractivity contribution is 14.0. The lowest BCUT2D eigenvalue weighted by Crippen LogP contribution is -2.40. The van der Waals surface area contributed by atoms with Crippen LogP contribution in [0, 0.1) is 0 Å². The van der Waals surface area contributed by atoms with Crippen LogP contribution in [0.25, 0.3) is 0 Å². The Morgan fingerprint density at radius 1 is 1.42 bits per heavy atom. The largest absolute Gasteiger partial charge is 0.379 e. The second kappa shape index (κ2) is 11.8. The summed E-state index contributed by atoms with van der Waals surface area (Å²) in [6.45, 7) is 6.16. The van der Waals surface area contributed by atoms with Crippen molar-refractivity contribution >= 4 is 39.8 Å². The fourth-order valence-corrected chi connectivity index (χ4v) is 2.85. The number of rotatable bonds is 9. The van der Waals surface area contributed by atoms with Crippen molar-refractivity contribution in [1.29, 1.82) is 0 Å². The number of hydrogen-bond acceptors (Lipinski definition) is 5. The fraction of sp³-hybridized carbons (Fsp3) is 0.750. The van der Waals surface area contributed by atoms with Crippen LogP contribution in [0.1, 0.15) is 31.0 Å². The summed E-state index contributed by atoms with van der Waals surface area (Å²) in [6.07, 6.45) is 3.24. The van der Waals surface area contributed by atoms with Crippen molar-refractivity contribution in [2.24, 2.45) is 12.0 Å². The molecule has 0 saturated heterocycles. The molecule has 0 saturated carbocycles. The molecule has 0 radical (unpaired) electrons. The van der Waals surface area contributed by atoms with Crippen LogP contribution < -0.4 is 5.32 Å². The molecule has 1 N–H and O–H groups in total.